The van der Waals surface area contributed by atoms with Gasteiger partial charge in [0.25, 0.3) is 0 Å². The van der Waals surface area contributed by atoms with Crippen LogP contribution in [0.5, 0.6) is 0 Å². The molecule has 1 aliphatic rings. The fraction of sp³-hybridized carbons (Fsp3) is 0.600. The molecule has 2 N–H and O–H groups in total. The van der Waals surface area contributed by atoms with Crippen LogP contribution in [0.25, 0.3) is 0 Å². The molecule has 1 atom stereocenters. The molecular weight excluding hydrogens is 222 g/mol. The van der Waals surface area contributed by atoms with E-state index >= 15 is 0 Å². The quantitative estimate of drug-likeness (QED) is 0.593. The molecule has 1 aromatic rings. The Morgan fingerprint density at radius 1 is 1.59 bits per heavy atom. The first kappa shape index (κ1) is 11.7. The summed E-state index contributed by atoms with van der Waals surface area (Å²) in [4.78, 5) is 19.9. The molecule has 1 aliphatic carbocycles. The maximum Gasteiger partial charge on any atom is 0.305 e. The van der Waals surface area contributed by atoms with Crippen LogP contribution in [-0.2, 0) is 0 Å². The minimum absolute atomic E-state index is 0.0992. The van der Waals surface area contributed by atoms with Gasteiger partial charge in [-0.2, -0.15) is 0 Å². The largest absolute Gasteiger partial charge is 0.339 e. The van der Waals surface area contributed by atoms with E-state index in [-0.39, 0.29) is 11.7 Å². The van der Waals surface area contributed by atoms with E-state index in [4.69, 9.17) is 5.73 Å². The summed E-state index contributed by atoms with van der Waals surface area (Å²) in [6.07, 6.45) is 4.80. The van der Waals surface area contributed by atoms with Gasteiger partial charge in [0.05, 0.1) is 4.92 Å². The summed E-state index contributed by atoms with van der Waals surface area (Å²) >= 11 is 0. The van der Waals surface area contributed by atoms with Crippen LogP contribution >= 0.6 is 0 Å². The highest BCUT2D eigenvalue weighted by atomic mass is 16.6. The molecule has 0 spiro atoms. The molecule has 17 heavy (non-hydrogen) atoms. The molecule has 0 amide bonds. The van der Waals surface area contributed by atoms with Gasteiger partial charge >= 0.3 is 5.69 Å². The van der Waals surface area contributed by atoms with Crippen molar-refractivity contribution >= 4 is 11.6 Å². The Bertz CT molecular complexity index is 404. The molecule has 1 fully saturated rings. The Balaban J connectivity index is 2.12. The fourth-order valence-electron chi connectivity index (χ4n) is 1.89. The van der Waals surface area contributed by atoms with E-state index in [1.165, 1.54) is 25.2 Å². The number of hydrogen-bond acceptors (Lipinski definition) is 6. The van der Waals surface area contributed by atoms with E-state index in [1.807, 2.05) is 11.9 Å². The lowest BCUT2D eigenvalue weighted by Gasteiger charge is -2.26. The molecule has 1 unspecified atom stereocenters. The van der Waals surface area contributed by atoms with Crippen molar-refractivity contribution in [1.29, 1.82) is 0 Å². The molecule has 0 radical (unpaired) electrons. The van der Waals surface area contributed by atoms with Crippen molar-refractivity contribution in [3.05, 3.63) is 22.5 Å². The molecule has 0 aromatic carbocycles. The Labute approximate surface area is 98.8 Å². The van der Waals surface area contributed by atoms with Gasteiger partial charge in [0.1, 0.15) is 12.4 Å². The molecule has 0 bridgehead atoms. The van der Waals surface area contributed by atoms with E-state index in [9.17, 15) is 10.1 Å². The van der Waals surface area contributed by atoms with Gasteiger partial charge in [-0.3, -0.25) is 10.1 Å². The number of aromatic nitrogens is 2. The summed E-state index contributed by atoms with van der Waals surface area (Å²) in [5, 5.41) is 10.5. The standard InChI is InChI=1S/C10H15N5O2/c1-14(9(4-11)7-2-3-7)10-12-5-8(6-13-10)15(16)17/h5-7,9H,2-4,11H2,1H3. The normalized spacial score (nSPS) is 16.6. The molecule has 1 saturated carbocycles. The van der Waals surface area contributed by atoms with Crippen LogP contribution in [0.15, 0.2) is 12.4 Å². The minimum atomic E-state index is -0.509. The third kappa shape index (κ3) is 2.50. The highest BCUT2D eigenvalue weighted by Crippen LogP contribution is 2.35. The van der Waals surface area contributed by atoms with E-state index in [0.29, 0.717) is 18.4 Å². The maximum atomic E-state index is 10.5. The zero-order chi connectivity index (χ0) is 12.4. The molecule has 1 aromatic heterocycles. The summed E-state index contributed by atoms with van der Waals surface area (Å²) in [5.41, 5.74) is 5.63. The van der Waals surface area contributed by atoms with E-state index in [0.717, 1.165) is 0 Å². The lowest BCUT2D eigenvalue weighted by Crippen LogP contribution is -2.40. The molecular formula is C10H15N5O2. The molecule has 0 saturated heterocycles. The van der Waals surface area contributed by atoms with Crippen molar-refractivity contribution in [2.75, 3.05) is 18.5 Å². The second-order valence-corrected chi connectivity index (χ2v) is 4.25. The number of rotatable bonds is 5. The summed E-state index contributed by atoms with van der Waals surface area (Å²) in [5.74, 6) is 1.08. The first-order valence-electron chi connectivity index (χ1n) is 5.53. The van der Waals surface area contributed by atoms with Gasteiger partial charge in [-0.1, -0.05) is 0 Å². The molecule has 92 valence electrons. The van der Waals surface area contributed by atoms with Crippen LogP contribution in [0.1, 0.15) is 12.8 Å². The summed E-state index contributed by atoms with van der Waals surface area (Å²) in [7, 11) is 1.87. The zero-order valence-electron chi connectivity index (χ0n) is 9.61. The minimum Gasteiger partial charge on any atom is -0.339 e. The lowest BCUT2D eigenvalue weighted by molar-refractivity contribution is -0.385. The number of nitro groups is 1. The van der Waals surface area contributed by atoms with Crippen molar-refractivity contribution in [3.63, 3.8) is 0 Å². The Kier molecular flexibility index (Phi) is 3.19. The van der Waals surface area contributed by atoms with Crippen LogP contribution in [0, 0.1) is 16.0 Å². The van der Waals surface area contributed by atoms with Gasteiger partial charge in [0, 0.05) is 19.6 Å². The fourth-order valence-corrected chi connectivity index (χ4v) is 1.89. The summed E-state index contributed by atoms with van der Waals surface area (Å²) in [6, 6.07) is 0.219. The number of anilines is 1. The highest BCUT2D eigenvalue weighted by molar-refractivity contribution is 5.35. The predicted molar refractivity (Wildman–Crippen MR) is 62.7 cm³/mol. The molecule has 7 nitrogen and oxygen atoms in total. The third-order valence-corrected chi connectivity index (χ3v) is 3.06. The van der Waals surface area contributed by atoms with Crippen LogP contribution in [0.4, 0.5) is 11.6 Å². The van der Waals surface area contributed by atoms with Crippen molar-refractivity contribution in [3.8, 4) is 0 Å². The average Bonchev–Trinajstić information content (AvgIpc) is 3.14. The number of nitrogens with zero attached hydrogens (tertiary/aromatic N) is 4. The first-order valence-corrected chi connectivity index (χ1v) is 5.53. The van der Waals surface area contributed by atoms with Gasteiger partial charge < -0.3 is 10.6 Å². The molecule has 7 heteroatoms. The highest BCUT2D eigenvalue weighted by Gasteiger charge is 2.33. The van der Waals surface area contributed by atoms with Crippen LogP contribution in [-0.4, -0.2) is 34.5 Å². The van der Waals surface area contributed by atoms with Crippen LogP contribution < -0.4 is 10.6 Å². The number of hydrogen-bond donors (Lipinski definition) is 1. The zero-order valence-corrected chi connectivity index (χ0v) is 9.61. The maximum absolute atomic E-state index is 10.5. The number of likely N-dealkylation sites (N-methyl/N-ethyl adjacent to an activating group) is 1. The smallest absolute Gasteiger partial charge is 0.305 e. The van der Waals surface area contributed by atoms with Crippen molar-refractivity contribution in [2.24, 2.45) is 11.7 Å². The third-order valence-electron chi connectivity index (χ3n) is 3.06. The lowest BCUT2D eigenvalue weighted by atomic mass is 10.1. The summed E-state index contributed by atoms with van der Waals surface area (Å²) in [6.45, 7) is 0.543. The van der Waals surface area contributed by atoms with Gasteiger partial charge in [-0.05, 0) is 18.8 Å². The SMILES string of the molecule is CN(c1ncc([N+](=O)[O-])cn1)C(CN)C1CC1. The van der Waals surface area contributed by atoms with Crippen LogP contribution in [0.3, 0.4) is 0 Å². The Morgan fingerprint density at radius 2 is 2.18 bits per heavy atom. The monoisotopic (exact) mass is 237 g/mol. The Morgan fingerprint density at radius 3 is 2.59 bits per heavy atom. The second-order valence-electron chi connectivity index (χ2n) is 4.25. The second kappa shape index (κ2) is 4.62. The van der Waals surface area contributed by atoms with E-state index in [1.54, 1.807) is 0 Å². The summed E-state index contributed by atoms with van der Waals surface area (Å²) < 4.78 is 0. The number of nitrogens with two attached hydrogens (primary N) is 1. The van der Waals surface area contributed by atoms with Gasteiger partial charge in [0.2, 0.25) is 5.95 Å². The molecule has 2 rings (SSSR count). The van der Waals surface area contributed by atoms with Crippen molar-refractivity contribution in [1.82, 2.24) is 9.97 Å². The van der Waals surface area contributed by atoms with Gasteiger partial charge in [-0.15, -0.1) is 0 Å². The predicted octanol–water partition coefficient (Wildman–Crippen LogP) is 0.558. The van der Waals surface area contributed by atoms with Crippen LogP contribution in [0.2, 0.25) is 0 Å². The average molecular weight is 237 g/mol. The van der Waals surface area contributed by atoms with Crippen molar-refractivity contribution < 1.29 is 4.92 Å². The van der Waals surface area contributed by atoms with Gasteiger partial charge in [0.15, 0.2) is 0 Å². The van der Waals surface area contributed by atoms with E-state index in [2.05, 4.69) is 9.97 Å². The molecule has 1 heterocycles. The Hall–Kier alpha value is -1.76. The topological polar surface area (TPSA) is 98.2 Å². The molecule has 0 aliphatic heterocycles. The van der Waals surface area contributed by atoms with E-state index < -0.39 is 4.92 Å². The first-order chi connectivity index (χ1) is 8.13. The van der Waals surface area contributed by atoms with Gasteiger partial charge in [-0.25, -0.2) is 9.97 Å². The van der Waals surface area contributed by atoms with Crippen molar-refractivity contribution in [2.45, 2.75) is 18.9 Å².